The first-order chi connectivity index (χ1) is 7.90. The minimum Gasteiger partial charge on any atom is -0.385 e. The van der Waals surface area contributed by atoms with Gasteiger partial charge in [-0.25, -0.2) is 0 Å². The van der Waals surface area contributed by atoms with Crippen molar-refractivity contribution >= 4 is 15.9 Å². The quantitative estimate of drug-likeness (QED) is 0.908. The lowest BCUT2D eigenvalue weighted by molar-refractivity contribution is -0.0197. The molecule has 98 valence electrons. The van der Waals surface area contributed by atoms with Crippen molar-refractivity contribution in [1.82, 2.24) is 14.7 Å². The summed E-state index contributed by atoms with van der Waals surface area (Å²) < 4.78 is 2.60. The summed E-state index contributed by atoms with van der Waals surface area (Å²) >= 11 is 3.46. The fraction of sp³-hybridized carbons (Fsp3) is 0.750. The van der Waals surface area contributed by atoms with Gasteiger partial charge >= 0.3 is 0 Å². The van der Waals surface area contributed by atoms with E-state index in [1.807, 2.05) is 21.1 Å². The Morgan fingerprint density at radius 1 is 1.47 bits per heavy atom. The van der Waals surface area contributed by atoms with Gasteiger partial charge in [0.1, 0.15) is 6.10 Å². The number of likely N-dealkylation sites (N-methyl/N-ethyl adjacent to an activating group) is 1. The van der Waals surface area contributed by atoms with Crippen LogP contribution in [0.15, 0.2) is 10.7 Å². The maximum absolute atomic E-state index is 10.7. The molecule has 0 saturated heterocycles. The zero-order valence-corrected chi connectivity index (χ0v) is 12.8. The number of nitrogens with zero attached hydrogens (tertiary/aromatic N) is 3. The van der Waals surface area contributed by atoms with E-state index in [-0.39, 0.29) is 5.54 Å². The fourth-order valence-electron chi connectivity index (χ4n) is 2.50. The summed E-state index contributed by atoms with van der Waals surface area (Å²) in [5.74, 6) is 0. The van der Waals surface area contributed by atoms with Crippen LogP contribution < -0.4 is 0 Å². The van der Waals surface area contributed by atoms with Crippen molar-refractivity contribution in [3.63, 3.8) is 0 Å². The lowest BCUT2D eigenvalue weighted by atomic mass is 9.83. The van der Waals surface area contributed by atoms with Crippen LogP contribution in [0, 0.1) is 0 Å². The Morgan fingerprint density at radius 3 is 2.29 bits per heavy atom. The Kier molecular flexibility index (Phi) is 4.75. The zero-order valence-electron chi connectivity index (χ0n) is 11.2. The summed E-state index contributed by atoms with van der Waals surface area (Å²) in [7, 11) is 5.88. The van der Waals surface area contributed by atoms with Crippen molar-refractivity contribution in [2.75, 3.05) is 14.1 Å². The summed E-state index contributed by atoms with van der Waals surface area (Å²) in [6, 6.07) is 0. The molecular formula is C12H22BrN3O. The van der Waals surface area contributed by atoms with E-state index in [1.165, 1.54) is 0 Å². The van der Waals surface area contributed by atoms with Crippen LogP contribution in [0.5, 0.6) is 0 Å². The molecule has 1 N–H and O–H groups in total. The Hall–Kier alpha value is -0.390. The van der Waals surface area contributed by atoms with Gasteiger partial charge in [0, 0.05) is 7.05 Å². The van der Waals surface area contributed by atoms with Gasteiger partial charge < -0.3 is 10.0 Å². The van der Waals surface area contributed by atoms with Crippen molar-refractivity contribution < 1.29 is 5.11 Å². The van der Waals surface area contributed by atoms with E-state index < -0.39 is 6.10 Å². The van der Waals surface area contributed by atoms with Crippen LogP contribution in [0.2, 0.25) is 0 Å². The average Bonchev–Trinajstić information content (AvgIpc) is 2.60. The number of aliphatic hydroxyl groups excluding tert-OH is 1. The number of rotatable bonds is 5. The first-order valence-corrected chi connectivity index (χ1v) is 6.72. The third kappa shape index (κ3) is 2.41. The normalized spacial score (nSPS) is 14.4. The standard InChI is InChI=1S/C12H22BrN3O/c1-6-12(7-2,15(3)4)11(17)10-9(13)8-14-16(10)5/h8,11,17H,6-7H2,1-5H3. The summed E-state index contributed by atoms with van der Waals surface area (Å²) in [4.78, 5) is 2.11. The second-order valence-electron chi connectivity index (χ2n) is 4.61. The molecule has 1 aromatic rings. The molecule has 0 bridgehead atoms. The van der Waals surface area contributed by atoms with Gasteiger partial charge in [-0.15, -0.1) is 0 Å². The van der Waals surface area contributed by atoms with Gasteiger partial charge in [-0.2, -0.15) is 5.10 Å². The Morgan fingerprint density at radius 2 is 2.00 bits per heavy atom. The number of aromatic nitrogens is 2. The fourth-order valence-corrected chi connectivity index (χ4v) is 3.06. The molecule has 0 amide bonds. The minimum atomic E-state index is -0.561. The first kappa shape index (κ1) is 14.7. The molecule has 1 heterocycles. The molecule has 0 saturated carbocycles. The van der Waals surface area contributed by atoms with Crippen LogP contribution >= 0.6 is 15.9 Å². The maximum atomic E-state index is 10.7. The van der Waals surface area contributed by atoms with Crippen molar-refractivity contribution in [2.45, 2.75) is 38.3 Å². The van der Waals surface area contributed by atoms with Crippen molar-refractivity contribution in [2.24, 2.45) is 7.05 Å². The van der Waals surface area contributed by atoms with Crippen LogP contribution in [0.1, 0.15) is 38.5 Å². The molecule has 0 aromatic carbocycles. The molecule has 0 aliphatic carbocycles. The van der Waals surface area contributed by atoms with Crippen LogP contribution in [0.25, 0.3) is 0 Å². The third-order valence-corrected chi connectivity index (χ3v) is 4.43. The average molecular weight is 304 g/mol. The molecule has 1 unspecified atom stereocenters. The summed E-state index contributed by atoms with van der Waals surface area (Å²) in [6.45, 7) is 4.22. The molecule has 0 aliphatic rings. The smallest absolute Gasteiger partial charge is 0.115 e. The molecule has 0 fully saturated rings. The second-order valence-corrected chi connectivity index (χ2v) is 5.46. The van der Waals surface area contributed by atoms with E-state index in [4.69, 9.17) is 0 Å². The molecule has 1 atom stereocenters. The van der Waals surface area contributed by atoms with E-state index in [0.29, 0.717) is 0 Å². The van der Waals surface area contributed by atoms with Gasteiger partial charge in [0.2, 0.25) is 0 Å². The van der Waals surface area contributed by atoms with E-state index in [1.54, 1.807) is 10.9 Å². The summed E-state index contributed by atoms with van der Waals surface area (Å²) in [5.41, 5.74) is 0.582. The van der Waals surface area contributed by atoms with Crippen LogP contribution in [-0.2, 0) is 7.05 Å². The monoisotopic (exact) mass is 303 g/mol. The van der Waals surface area contributed by atoms with Gasteiger partial charge in [-0.3, -0.25) is 4.68 Å². The largest absolute Gasteiger partial charge is 0.385 e. The summed E-state index contributed by atoms with van der Waals surface area (Å²) in [5, 5.41) is 14.9. The van der Waals surface area contributed by atoms with Gasteiger partial charge in [-0.1, -0.05) is 13.8 Å². The van der Waals surface area contributed by atoms with E-state index >= 15 is 0 Å². The van der Waals surface area contributed by atoms with E-state index in [0.717, 1.165) is 23.0 Å². The number of halogens is 1. The minimum absolute atomic E-state index is 0.254. The molecule has 17 heavy (non-hydrogen) atoms. The molecule has 0 spiro atoms. The number of hydrogen-bond donors (Lipinski definition) is 1. The predicted octanol–water partition coefficient (Wildman–Crippen LogP) is 2.34. The Balaban J connectivity index is 3.21. The number of aryl methyl sites for hydroxylation is 1. The molecular weight excluding hydrogens is 282 g/mol. The lowest BCUT2D eigenvalue weighted by Gasteiger charge is -2.42. The van der Waals surface area contributed by atoms with Crippen molar-refractivity contribution in [1.29, 1.82) is 0 Å². The Labute approximate surface area is 112 Å². The van der Waals surface area contributed by atoms with E-state index in [2.05, 4.69) is 39.8 Å². The molecule has 0 radical (unpaired) electrons. The Bertz CT molecular complexity index is 352. The van der Waals surface area contributed by atoms with Crippen molar-refractivity contribution in [3.05, 3.63) is 16.4 Å². The highest BCUT2D eigenvalue weighted by Crippen LogP contribution is 2.38. The highest BCUT2D eigenvalue weighted by molar-refractivity contribution is 9.10. The molecule has 5 heteroatoms. The van der Waals surface area contributed by atoms with Crippen LogP contribution in [-0.4, -0.2) is 39.4 Å². The summed E-state index contributed by atoms with van der Waals surface area (Å²) in [6.07, 6.45) is 2.93. The van der Waals surface area contributed by atoms with Gasteiger partial charge in [0.15, 0.2) is 0 Å². The number of hydrogen-bond acceptors (Lipinski definition) is 3. The molecule has 4 nitrogen and oxygen atoms in total. The topological polar surface area (TPSA) is 41.3 Å². The second kappa shape index (κ2) is 5.50. The maximum Gasteiger partial charge on any atom is 0.115 e. The van der Waals surface area contributed by atoms with Gasteiger partial charge in [0.05, 0.1) is 21.9 Å². The zero-order chi connectivity index (χ0) is 13.2. The highest BCUT2D eigenvalue weighted by atomic mass is 79.9. The van der Waals surface area contributed by atoms with Crippen molar-refractivity contribution in [3.8, 4) is 0 Å². The lowest BCUT2D eigenvalue weighted by Crippen LogP contribution is -2.49. The van der Waals surface area contributed by atoms with Crippen LogP contribution in [0.3, 0.4) is 0 Å². The third-order valence-electron chi connectivity index (χ3n) is 3.82. The highest BCUT2D eigenvalue weighted by Gasteiger charge is 2.40. The SMILES string of the molecule is CCC(CC)(C(O)c1c(Br)cnn1C)N(C)C. The molecule has 1 aromatic heterocycles. The van der Waals surface area contributed by atoms with E-state index in [9.17, 15) is 5.11 Å². The van der Waals surface area contributed by atoms with Gasteiger partial charge in [-0.05, 0) is 42.9 Å². The predicted molar refractivity (Wildman–Crippen MR) is 72.9 cm³/mol. The van der Waals surface area contributed by atoms with Gasteiger partial charge in [0.25, 0.3) is 0 Å². The van der Waals surface area contributed by atoms with Crippen LogP contribution in [0.4, 0.5) is 0 Å². The molecule has 1 rings (SSSR count). The number of aliphatic hydroxyl groups is 1. The molecule has 0 aliphatic heterocycles. The first-order valence-electron chi connectivity index (χ1n) is 5.93.